The van der Waals surface area contributed by atoms with Gasteiger partial charge in [0.2, 0.25) is 0 Å². The highest BCUT2D eigenvalue weighted by Crippen LogP contribution is 2.18. The van der Waals surface area contributed by atoms with E-state index in [0.717, 1.165) is 5.69 Å². The van der Waals surface area contributed by atoms with Crippen molar-refractivity contribution in [3.8, 4) is 0 Å². The van der Waals surface area contributed by atoms with E-state index < -0.39 is 17.7 Å². The zero-order chi connectivity index (χ0) is 18.8. The number of anilines is 1. The van der Waals surface area contributed by atoms with E-state index in [2.05, 4.69) is 11.6 Å². The SMILES string of the molecule is C=CC.CCOC(=O)CN(C(=O)OC(C)(C)C)c1ccnc(C)c1. The number of aryl methyl sites for hydroxylation is 1. The first kappa shape index (κ1) is 21.6. The Morgan fingerprint density at radius 1 is 1.38 bits per heavy atom. The van der Waals surface area contributed by atoms with Gasteiger partial charge < -0.3 is 9.47 Å². The van der Waals surface area contributed by atoms with Gasteiger partial charge in [0, 0.05) is 11.9 Å². The molecule has 6 heteroatoms. The van der Waals surface area contributed by atoms with Gasteiger partial charge in [-0.15, -0.1) is 6.58 Å². The second-order valence-corrected chi connectivity index (χ2v) is 5.94. The van der Waals surface area contributed by atoms with Crippen LogP contribution in [-0.2, 0) is 14.3 Å². The molecule has 6 nitrogen and oxygen atoms in total. The third kappa shape index (κ3) is 8.92. The Labute approximate surface area is 144 Å². The molecule has 1 rings (SSSR count). The number of nitrogens with zero attached hydrogens (tertiary/aromatic N) is 2. The molecule has 0 spiro atoms. The molecule has 0 aliphatic rings. The number of esters is 1. The Hall–Kier alpha value is -2.37. The average Bonchev–Trinajstić information content (AvgIpc) is 2.44. The fraction of sp³-hybridized carbons (Fsp3) is 0.500. The van der Waals surface area contributed by atoms with Gasteiger partial charge in [-0.25, -0.2) is 4.79 Å². The lowest BCUT2D eigenvalue weighted by Crippen LogP contribution is -2.40. The second-order valence-electron chi connectivity index (χ2n) is 5.94. The summed E-state index contributed by atoms with van der Waals surface area (Å²) in [7, 11) is 0. The van der Waals surface area contributed by atoms with Crippen LogP contribution in [0.5, 0.6) is 0 Å². The number of rotatable bonds is 4. The van der Waals surface area contributed by atoms with Gasteiger partial charge in [-0.3, -0.25) is 14.7 Å². The Morgan fingerprint density at radius 3 is 2.42 bits per heavy atom. The summed E-state index contributed by atoms with van der Waals surface area (Å²) in [5.41, 5.74) is 0.640. The molecule has 1 aromatic rings. The molecule has 1 heterocycles. The van der Waals surface area contributed by atoms with Crippen LogP contribution in [0.3, 0.4) is 0 Å². The maximum absolute atomic E-state index is 12.3. The van der Waals surface area contributed by atoms with Crippen LogP contribution >= 0.6 is 0 Å². The van der Waals surface area contributed by atoms with E-state index >= 15 is 0 Å². The van der Waals surface area contributed by atoms with Crippen molar-refractivity contribution in [3.05, 3.63) is 36.7 Å². The minimum absolute atomic E-state index is 0.202. The van der Waals surface area contributed by atoms with E-state index in [-0.39, 0.29) is 13.2 Å². The van der Waals surface area contributed by atoms with Gasteiger partial charge in [0.25, 0.3) is 0 Å². The number of ether oxygens (including phenoxy) is 2. The number of carbonyl (C=O) groups excluding carboxylic acids is 2. The van der Waals surface area contributed by atoms with Crippen molar-refractivity contribution in [3.63, 3.8) is 0 Å². The van der Waals surface area contributed by atoms with Gasteiger partial charge in [0.1, 0.15) is 12.1 Å². The van der Waals surface area contributed by atoms with Crippen LogP contribution in [0, 0.1) is 6.92 Å². The molecule has 134 valence electrons. The maximum atomic E-state index is 12.3. The molecule has 0 aromatic carbocycles. The van der Waals surface area contributed by atoms with Crippen LogP contribution in [0.15, 0.2) is 31.0 Å². The van der Waals surface area contributed by atoms with Crippen LogP contribution in [0.25, 0.3) is 0 Å². The topological polar surface area (TPSA) is 68.7 Å². The molecule has 0 bridgehead atoms. The first-order chi connectivity index (χ1) is 11.1. The molecule has 0 N–H and O–H groups in total. The Morgan fingerprint density at radius 2 is 1.96 bits per heavy atom. The molecule has 0 fully saturated rings. The summed E-state index contributed by atoms with van der Waals surface area (Å²) in [6, 6.07) is 3.36. The number of carbonyl (C=O) groups is 2. The lowest BCUT2D eigenvalue weighted by atomic mass is 10.2. The predicted molar refractivity (Wildman–Crippen MR) is 95.1 cm³/mol. The normalized spacial score (nSPS) is 10.1. The Balaban J connectivity index is 0.00000163. The van der Waals surface area contributed by atoms with E-state index in [4.69, 9.17) is 9.47 Å². The molecule has 0 radical (unpaired) electrons. The third-order valence-corrected chi connectivity index (χ3v) is 2.40. The first-order valence-corrected chi connectivity index (χ1v) is 7.80. The van der Waals surface area contributed by atoms with Gasteiger partial charge in [0.15, 0.2) is 0 Å². The Bertz CT molecular complexity index is 550. The van der Waals surface area contributed by atoms with Crippen LogP contribution in [0.1, 0.15) is 40.3 Å². The predicted octanol–water partition coefficient (Wildman–Crippen LogP) is 3.89. The standard InChI is InChI=1S/C15H22N2O4.C3H6/c1-6-20-13(18)10-17(14(19)21-15(3,4)5)12-7-8-16-11(2)9-12;1-3-2/h7-9H,6,10H2,1-5H3;3H,1H2,2H3. The van der Waals surface area contributed by atoms with Crippen molar-refractivity contribution in [1.82, 2.24) is 4.98 Å². The highest BCUT2D eigenvalue weighted by atomic mass is 16.6. The van der Waals surface area contributed by atoms with Crippen molar-refractivity contribution in [2.24, 2.45) is 0 Å². The monoisotopic (exact) mass is 336 g/mol. The van der Waals surface area contributed by atoms with Gasteiger partial charge in [-0.05, 0) is 53.7 Å². The summed E-state index contributed by atoms with van der Waals surface area (Å²) in [5, 5.41) is 0. The van der Waals surface area contributed by atoms with Crippen LogP contribution in [0.2, 0.25) is 0 Å². The fourth-order valence-electron chi connectivity index (χ4n) is 1.61. The molecule has 0 aliphatic heterocycles. The number of hydrogen-bond donors (Lipinski definition) is 0. The smallest absolute Gasteiger partial charge is 0.415 e. The minimum Gasteiger partial charge on any atom is -0.465 e. The van der Waals surface area contributed by atoms with Crippen molar-refractivity contribution in [2.75, 3.05) is 18.1 Å². The number of pyridine rings is 1. The van der Waals surface area contributed by atoms with Crippen molar-refractivity contribution < 1.29 is 19.1 Å². The van der Waals surface area contributed by atoms with E-state index in [1.807, 2.05) is 6.92 Å². The lowest BCUT2D eigenvalue weighted by Gasteiger charge is -2.26. The maximum Gasteiger partial charge on any atom is 0.415 e. The highest BCUT2D eigenvalue weighted by molar-refractivity contribution is 5.93. The molecule has 24 heavy (non-hydrogen) atoms. The second kappa shape index (κ2) is 10.4. The number of allylic oxidation sites excluding steroid dienone is 1. The van der Waals surface area contributed by atoms with E-state index in [1.165, 1.54) is 4.90 Å². The van der Waals surface area contributed by atoms with Gasteiger partial charge in [0.05, 0.1) is 12.3 Å². The van der Waals surface area contributed by atoms with E-state index in [9.17, 15) is 9.59 Å². The molecule has 0 saturated heterocycles. The van der Waals surface area contributed by atoms with Crippen LogP contribution in [-0.4, -0.2) is 35.8 Å². The molecule has 0 unspecified atom stereocenters. The summed E-state index contributed by atoms with van der Waals surface area (Å²) in [6.07, 6.45) is 2.73. The first-order valence-electron chi connectivity index (χ1n) is 7.80. The number of aromatic nitrogens is 1. The summed E-state index contributed by atoms with van der Waals surface area (Å²) in [5.74, 6) is -0.488. The van der Waals surface area contributed by atoms with E-state index in [1.54, 1.807) is 59.0 Å². The average molecular weight is 336 g/mol. The largest absolute Gasteiger partial charge is 0.465 e. The van der Waals surface area contributed by atoms with Crippen molar-refractivity contribution in [1.29, 1.82) is 0 Å². The Kier molecular flexibility index (Phi) is 9.38. The molecular formula is C18H28N2O4. The van der Waals surface area contributed by atoms with Crippen molar-refractivity contribution >= 4 is 17.7 Å². The van der Waals surface area contributed by atoms with Crippen molar-refractivity contribution in [2.45, 2.75) is 47.1 Å². The summed E-state index contributed by atoms with van der Waals surface area (Å²) in [4.78, 5) is 29.3. The lowest BCUT2D eigenvalue weighted by molar-refractivity contribution is -0.141. The van der Waals surface area contributed by atoms with Gasteiger partial charge in [-0.2, -0.15) is 0 Å². The summed E-state index contributed by atoms with van der Waals surface area (Å²) in [6.45, 7) is 14.1. The molecule has 1 amide bonds. The number of hydrogen-bond acceptors (Lipinski definition) is 5. The van der Waals surface area contributed by atoms with Crippen LogP contribution in [0.4, 0.5) is 10.5 Å². The zero-order valence-corrected chi connectivity index (χ0v) is 15.5. The fourth-order valence-corrected chi connectivity index (χ4v) is 1.61. The minimum atomic E-state index is -0.647. The molecule has 0 saturated carbocycles. The molecule has 0 aliphatic carbocycles. The van der Waals surface area contributed by atoms with E-state index in [0.29, 0.717) is 5.69 Å². The number of amides is 1. The van der Waals surface area contributed by atoms with Crippen LogP contribution < -0.4 is 4.90 Å². The molecular weight excluding hydrogens is 308 g/mol. The molecule has 1 aromatic heterocycles. The third-order valence-electron chi connectivity index (χ3n) is 2.40. The quantitative estimate of drug-likeness (QED) is 0.616. The van der Waals surface area contributed by atoms with Gasteiger partial charge in [-0.1, -0.05) is 6.08 Å². The zero-order valence-electron chi connectivity index (χ0n) is 15.5. The molecule has 0 atom stereocenters. The summed E-state index contributed by atoms with van der Waals surface area (Å²) >= 11 is 0. The summed E-state index contributed by atoms with van der Waals surface area (Å²) < 4.78 is 10.2. The highest BCUT2D eigenvalue weighted by Gasteiger charge is 2.26. The van der Waals surface area contributed by atoms with Gasteiger partial charge >= 0.3 is 12.1 Å².